The summed E-state index contributed by atoms with van der Waals surface area (Å²) in [4.78, 5) is 0. The molecule has 16 heavy (non-hydrogen) atoms. The van der Waals surface area contributed by atoms with Gasteiger partial charge < -0.3 is 5.32 Å². The van der Waals surface area contributed by atoms with Crippen LogP contribution in [-0.4, -0.2) is 10.2 Å². The van der Waals surface area contributed by atoms with Crippen molar-refractivity contribution < 1.29 is 4.39 Å². The highest BCUT2D eigenvalue weighted by atomic mass is 19.1. The van der Waals surface area contributed by atoms with Crippen LogP contribution in [0.4, 0.5) is 10.1 Å². The zero-order chi connectivity index (χ0) is 11.5. The Labute approximate surface area is 93.7 Å². The van der Waals surface area contributed by atoms with Crippen molar-refractivity contribution in [3.63, 3.8) is 0 Å². The molecule has 1 aromatic carbocycles. The number of aromatic amines is 1. The van der Waals surface area contributed by atoms with E-state index in [1.807, 2.05) is 13.8 Å². The molecule has 0 radical (unpaired) electrons. The number of halogens is 1. The van der Waals surface area contributed by atoms with Gasteiger partial charge >= 0.3 is 0 Å². The van der Waals surface area contributed by atoms with Gasteiger partial charge in [0.2, 0.25) is 0 Å². The Morgan fingerprint density at radius 1 is 1.38 bits per heavy atom. The van der Waals surface area contributed by atoms with E-state index in [9.17, 15) is 4.39 Å². The SMILES string of the molecule is Cc1cc(F)ccc1NCc1cn[nH]c1C. The largest absolute Gasteiger partial charge is 0.381 e. The molecule has 1 aromatic heterocycles. The minimum absolute atomic E-state index is 0.206. The Hall–Kier alpha value is -1.84. The predicted molar refractivity (Wildman–Crippen MR) is 61.8 cm³/mol. The fourth-order valence-electron chi connectivity index (χ4n) is 1.57. The van der Waals surface area contributed by atoms with Crippen LogP contribution in [0, 0.1) is 19.7 Å². The highest BCUT2D eigenvalue weighted by Crippen LogP contribution is 2.17. The first-order chi connectivity index (χ1) is 7.66. The summed E-state index contributed by atoms with van der Waals surface area (Å²) in [6.07, 6.45) is 1.79. The molecule has 2 rings (SSSR count). The van der Waals surface area contributed by atoms with Gasteiger partial charge in [-0.25, -0.2) is 4.39 Å². The number of hydrogen-bond acceptors (Lipinski definition) is 2. The fraction of sp³-hybridized carbons (Fsp3) is 0.250. The Balaban J connectivity index is 2.08. The van der Waals surface area contributed by atoms with E-state index in [1.54, 1.807) is 12.3 Å². The second kappa shape index (κ2) is 4.35. The van der Waals surface area contributed by atoms with Crippen molar-refractivity contribution in [3.8, 4) is 0 Å². The molecule has 0 spiro atoms. The molecule has 0 unspecified atom stereocenters. The third-order valence-corrected chi connectivity index (χ3v) is 2.59. The van der Waals surface area contributed by atoms with Crippen LogP contribution >= 0.6 is 0 Å². The van der Waals surface area contributed by atoms with E-state index < -0.39 is 0 Å². The maximum absolute atomic E-state index is 12.9. The molecule has 2 N–H and O–H groups in total. The number of nitrogens with zero attached hydrogens (tertiary/aromatic N) is 1. The number of H-pyrrole nitrogens is 1. The molecule has 84 valence electrons. The third-order valence-electron chi connectivity index (χ3n) is 2.59. The van der Waals surface area contributed by atoms with E-state index in [0.717, 1.165) is 22.5 Å². The normalized spacial score (nSPS) is 10.4. The lowest BCUT2D eigenvalue weighted by Crippen LogP contribution is -2.01. The maximum Gasteiger partial charge on any atom is 0.123 e. The quantitative estimate of drug-likeness (QED) is 0.833. The Morgan fingerprint density at radius 3 is 2.81 bits per heavy atom. The zero-order valence-electron chi connectivity index (χ0n) is 9.34. The summed E-state index contributed by atoms with van der Waals surface area (Å²) >= 11 is 0. The summed E-state index contributed by atoms with van der Waals surface area (Å²) in [7, 11) is 0. The molecular formula is C12H14FN3. The van der Waals surface area contributed by atoms with Crippen molar-refractivity contribution in [2.24, 2.45) is 0 Å². The molecule has 0 aliphatic rings. The van der Waals surface area contributed by atoms with Gasteiger partial charge in [-0.2, -0.15) is 5.10 Å². The third kappa shape index (κ3) is 2.21. The number of aryl methyl sites for hydroxylation is 2. The average molecular weight is 219 g/mol. The molecule has 4 heteroatoms. The highest BCUT2D eigenvalue weighted by molar-refractivity contribution is 5.50. The van der Waals surface area contributed by atoms with Gasteiger partial charge in [0.05, 0.1) is 6.20 Å². The lowest BCUT2D eigenvalue weighted by Gasteiger charge is -2.08. The van der Waals surface area contributed by atoms with Crippen LogP contribution in [0.25, 0.3) is 0 Å². The van der Waals surface area contributed by atoms with E-state index in [-0.39, 0.29) is 5.82 Å². The van der Waals surface area contributed by atoms with Gasteiger partial charge in [0.15, 0.2) is 0 Å². The first kappa shape index (κ1) is 10.7. The standard InChI is InChI=1S/C12H14FN3/c1-8-5-11(13)3-4-12(8)14-6-10-7-15-16-9(10)2/h3-5,7,14H,6H2,1-2H3,(H,15,16). The van der Waals surface area contributed by atoms with Crippen LogP contribution in [-0.2, 0) is 6.54 Å². The second-order valence-electron chi connectivity index (χ2n) is 3.83. The molecule has 0 atom stereocenters. The number of nitrogens with one attached hydrogen (secondary N) is 2. The van der Waals surface area contributed by atoms with Gasteiger partial charge in [-0.1, -0.05) is 0 Å². The van der Waals surface area contributed by atoms with Crippen LogP contribution in [0.15, 0.2) is 24.4 Å². The number of rotatable bonds is 3. The van der Waals surface area contributed by atoms with Gasteiger partial charge in [0.25, 0.3) is 0 Å². The summed E-state index contributed by atoms with van der Waals surface area (Å²) < 4.78 is 12.9. The fourth-order valence-corrected chi connectivity index (χ4v) is 1.57. The molecule has 2 aromatic rings. The van der Waals surface area contributed by atoms with E-state index in [0.29, 0.717) is 6.54 Å². The van der Waals surface area contributed by atoms with Crippen LogP contribution in [0.1, 0.15) is 16.8 Å². The Morgan fingerprint density at radius 2 is 2.19 bits per heavy atom. The van der Waals surface area contributed by atoms with Crippen LogP contribution in [0.3, 0.4) is 0 Å². The summed E-state index contributed by atoms with van der Waals surface area (Å²) in [6, 6.07) is 4.72. The number of benzene rings is 1. The first-order valence-corrected chi connectivity index (χ1v) is 5.15. The van der Waals surface area contributed by atoms with Crippen LogP contribution < -0.4 is 5.32 Å². The molecule has 0 aliphatic carbocycles. The average Bonchev–Trinajstić information content (AvgIpc) is 2.63. The predicted octanol–water partition coefficient (Wildman–Crippen LogP) is 2.78. The lowest BCUT2D eigenvalue weighted by molar-refractivity contribution is 0.627. The van der Waals surface area contributed by atoms with Crippen LogP contribution in [0.2, 0.25) is 0 Å². The van der Waals surface area contributed by atoms with Crippen molar-refractivity contribution in [2.75, 3.05) is 5.32 Å². The van der Waals surface area contributed by atoms with Crippen molar-refractivity contribution in [1.29, 1.82) is 0 Å². The summed E-state index contributed by atoms with van der Waals surface area (Å²) in [5.41, 5.74) is 4.01. The van der Waals surface area contributed by atoms with Gasteiger partial charge in [-0.05, 0) is 37.6 Å². The molecule has 0 saturated heterocycles. The summed E-state index contributed by atoms with van der Waals surface area (Å²) in [5, 5.41) is 10.1. The lowest BCUT2D eigenvalue weighted by atomic mass is 10.2. The molecule has 0 aliphatic heterocycles. The highest BCUT2D eigenvalue weighted by Gasteiger charge is 2.02. The maximum atomic E-state index is 12.9. The zero-order valence-corrected chi connectivity index (χ0v) is 9.34. The smallest absolute Gasteiger partial charge is 0.123 e. The van der Waals surface area contributed by atoms with E-state index in [4.69, 9.17) is 0 Å². The van der Waals surface area contributed by atoms with Crippen molar-refractivity contribution in [1.82, 2.24) is 10.2 Å². The van der Waals surface area contributed by atoms with E-state index in [1.165, 1.54) is 12.1 Å². The van der Waals surface area contributed by atoms with Gasteiger partial charge in [0.1, 0.15) is 5.82 Å². The molecule has 0 bridgehead atoms. The Bertz CT molecular complexity index is 491. The molecule has 3 nitrogen and oxygen atoms in total. The van der Waals surface area contributed by atoms with Crippen molar-refractivity contribution in [3.05, 3.63) is 47.0 Å². The van der Waals surface area contributed by atoms with Gasteiger partial charge in [-0.15, -0.1) is 0 Å². The van der Waals surface area contributed by atoms with E-state index in [2.05, 4.69) is 15.5 Å². The molecular weight excluding hydrogens is 205 g/mol. The number of aromatic nitrogens is 2. The Kier molecular flexibility index (Phi) is 2.90. The molecule has 0 fully saturated rings. The molecule has 0 saturated carbocycles. The summed E-state index contributed by atoms with van der Waals surface area (Å²) in [6.45, 7) is 4.55. The first-order valence-electron chi connectivity index (χ1n) is 5.15. The van der Waals surface area contributed by atoms with Crippen LogP contribution in [0.5, 0.6) is 0 Å². The minimum atomic E-state index is -0.206. The van der Waals surface area contributed by atoms with E-state index >= 15 is 0 Å². The monoisotopic (exact) mass is 219 g/mol. The van der Waals surface area contributed by atoms with Crippen molar-refractivity contribution in [2.45, 2.75) is 20.4 Å². The number of hydrogen-bond donors (Lipinski definition) is 2. The topological polar surface area (TPSA) is 40.7 Å². The molecule has 1 heterocycles. The number of anilines is 1. The summed E-state index contributed by atoms with van der Waals surface area (Å²) in [5.74, 6) is -0.206. The van der Waals surface area contributed by atoms with Gasteiger partial charge in [-0.3, -0.25) is 5.10 Å². The molecule has 0 amide bonds. The second-order valence-corrected chi connectivity index (χ2v) is 3.83. The minimum Gasteiger partial charge on any atom is -0.381 e. The van der Waals surface area contributed by atoms with Gasteiger partial charge in [0, 0.05) is 23.5 Å². The van der Waals surface area contributed by atoms with Crippen molar-refractivity contribution >= 4 is 5.69 Å².